The summed E-state index contributed by atoms with van der Waals surface area (Å²) in [5, 5.41) is 0. The van der Waals surface area contributed by atoms with Crippen LogP contribution in [0.5, 0.6) is 0 Å². The van der Waals surface area contributed by atoms with Crippen LogP contribution in [0, 0.1) is 11.8 Å². The Bertz CT molecular complexity index is 455. The first-order chi connectivity index (χ1) is 8.40. The van der Waals surface area contributed by atoms with Crippen molar-refractivity contribution < 1.29 is 4.79 Å². The van der Waals surface area contributed by atoms with Gasteiger partial charge in [-0.3, -0.25) is 4.79 Å². The van der Waals surface area contributed by atoms with Gasteiger partial charge in [-0.2, -0.15) is 0 Å². The average molecular weight is 313 g/mol. The minimum atomic E-state index is 0.147. The number of carbonyl (C=O) groups excluding carboxylic acids is 1. The second kappa shape index (κ2) is 5.08. The number of nitrogens with zero attached hydrogens (tertiary/aromatic N) is 2. The Morgan fingerprint density at radius 2 is 2.06 bits per heavy atom. The van der Waals surface area contributed by atoms with E-state index in [2.05, 4.69) is 36.7 Å². The van der Waals surface area contributed by atoms with Gasteiger partial charge in [-0.05, 0) is 47.2 Å². The summed E-state index contributed by atoms with van der Waals surface area (Å²) in [4.78, 5) is 14.6. The van der Waals surface area contributed by atoms with E-state index in [1.54, 1.807) is 0 Å². The maximum atomic E-state index is 12.6. The summed E-state index contributed by atoms with van der Waals surface area (Å²) >= 11 is 3.42. The van der Waals surface area contributed by atoms with Crippen molar-refractivity contribution in [3.05, 3.63) is 22.4 Å². The van der Waals surface area contributed by atoms with Gasteiger partial charge >= 0.3 is 0 Å². The van der Waals surface area contributed by atoms with Gasteiger partial charge in [0.1, 0.15) is 5.69 Å². The third-order valence-corrected chi connectivity index (χ3v) is 4.48. The van der Waals surface area contributed by atoms with Crippen LogP contribution in [0.2, 0.25) is 0 Å². The van der Waals surface area contributed by atoms with Crippen LogP contribution in [0.1, 0.15) is 37.7 Å². The molecule has 0 radical (unpaired) electrons. The molecule has 1 fully saturated rings. The van der Waals surface area contributed by atoms with E-state index in [0.29, 0.717) is 17.9 Å². The number of carbonyl (C=O) groups is 1. The summed E-state index contributed by atoms with van der Waals surface area (Å²) in [6.45, 7) is 7.49. The molecule has 4 heteroatoms. The molecular weight excluding hydrogens is 292 g/mol. The van der Waals surface area contributed by atoms with Crippen molar-refractivity contribution in [1.82, 2.24) is 9.47 Å². The first-order valence-electron chi connectivity index (χ1n) is 6.53. The molecule has 0 bridgehead atoms. The summed E-state index contributed by atoms with van der Waals surface area (Å²) in [6.07, 6.45) is 3.14. The maximum Gasteiger partial charge on any atom is 0.270 e. The molecule has 1 aromatic rings. The number of likely N-dealkylation sites (tertiary alicyclic amines) is 1. The molecule has 0 N–H and O–H groups in total. The molecule has 0 aromatic carbocycles. The monoisotopic (exact) mass is 312 g/mol. The van der Waals surface area contributed by atoms with Gasteiger partial charge in [0.15, 0.2) is 0 Å². The Balaban J connectivity index is 2.25. The summed E-state index contributed by atoms with van der Waals surface area (Å²) in [5.41, 5.74) is 0.759. The Kier molecular flexibility index (Phi) is 3.85. The number of halogens is 1. The molecule has 1 saturated heterocycles. The van der Waals surface area contributed by atoms with Crippen LogP contribution in [0.15, 0.2) is 16.7 Å². The fraction of sp³-hybridized carbons (Fsp3) is 0.643. The summed E-state index contributed by atoms with van der Waals surface area (Å²) in [5.74, 6) is 1.30. The summed E-state index contributed by atoms with van der Waals surface area (Å²) in [7, 11) is 1.92. The van der Waals surface area contributed by atoms with Crippen LogP contribution in [-0.4, -0.2) is 28.0 Å². The van der Waals surface area contributed by atoms with Gasteiger partial charge in [0, 0.05) is 30.3 Å². The van der Waals surface area contributed by atoms with Crippen molar-refractivity contribution in [2.24, 2.45) is 18.9 Å². The van der Waals surface area contributed by atoms with Crippen molar-refractivity contribution in [3.63, 3.8) is 0 Å². The molecule has 2 heterocycles. The van der Waals surface area contributed by atoms with Gasteiger partial charge in [0.25, 0.3) is 5.91 Å². The number of piperidine rings is 1. The normalized spacial score (nSPS) is 28.5. The number of hydrogen-bond acceptors (Lipinski definition) is 1. The number of aromatic nitrogens is 1. The Hall–Kier alpha value is -0.770. The fourth-order valence-electron chi connectivity index (χ4n) is 2.87. The second-order valence-electron chi connectivity index (χ2n) is 5.67. The molecule has 3 unspecified atom stereocenters. The van der Waals surface area contributed by atoms with Crippen molar-refractivity contribution in [2.75, 3.05) is 6.54 Å². The number of amides is 1. The SMILES string of the molecule is CC1CC(C)C(C)N(C(=O)c2cc(Br)cn2C)C1. The van der Waals surface area contributed by atoms with Gasteiger partial charge in [-0.25, -0.2) is 0 Å². The van der Waals surface area contributed by atoms with E-state index in [4.69, 9.17) is 0 Å². The predicted octanol–water partition coefficient (Wildman–Crippen LogP) is 3.29. The predicted molar refractivity (Wildman–Crippen MR) is 76.6 cm³/mol. The van der Waals surface area contributed by atoms with Crippen molar-refractivity contribution in [2.45, 2.75) is 33.2 Å². The highest BCUT2D eigenvalue weighted by atomic mass is 79.9. The van der Waals surface area contributed by atoms with Crippen LogP contribution in [0.25, 0.3) is 0 Å². The molecule has 18 heavy (non-hydrogen) atoms. The summed E-state index contributed by atoms with van der Waals surface area (Å²) in [6, 6.07) is 2.22. The highest BCUT2D eigenvalue weighted by molar-refractivity contribution is 9.10. The number of hydrogen-bond donors (Lipinski definition) is 0. The largest absolute Gasteiger partial charge is 0.345 e. The molecule has 2 rings (SSSR count). The van der Waals surface area contributed by atoms with Crippen LogP contribution in [-0.2, 0) is 7.05 Å². The van der Waals surface area contributed by atoms with E-state index in [1.165, 1.54) is 6.42 Å². The van der Waals surface area contributed by atoms with Gasteiger partial charge in [-0.15, -0.1) is 0 Å². The molecule has 3 atom stereocenters. The molecule has 1 aromatic heterocycles. The molecule has 1 aliphatic rings. The van der Waals surface area contributed by atoms with E-state index in [1.807, 2.05) is 28.8 Å². The number of rotatable bonds is 1. The fourth-order valence-corrected chi connectivity index (χ4v) is 3.39. The molecule has 0 aliphatic carbocycles. The van der Waals surface area contributed by atoms with Gasteiger partial charge in [0.2, 0.25) is 0 Å². The van der Waals surface area contributed by atoms with E-state index in [-0.39, 0.29) is 5.91 Å². The minimum absolute atomic E-state index is 0.147. The number of aryl methyl sites for hydroxylation is 1. The van der Waals surface area contributed by atoms with Crippen molar-refractivity contribution in [3.8, 4) is 0 Å². The van der Waals surface area contributed by atoms with Crippen molar-refractivity contribution >= 4 is 21.8 Å². The van der Waals surface area contributed by atoms with Crippen LogP contribution in [0.3, 0.4) is 0 Å². The third kappa shape index (κ3) is 2.48. The lowest BCUT2D eigenvalue weighted by Gasteiger charge is -2.41. The third-order valence-electron chi connectivity index (χ3n) is 4.05. The standard InChI is InChI=1S/C14H21BrN2O/c1-9-5-10(2)11(3)17(7-9)14(18)13-6-12(15)8-16(13)4/h6,8-11H,5,7H2,1-4H3. The average Bonchev–Trinajstić information content (AvgIpc) is 2.62. The molecule has 100 valence electrons. The lowest BCUT2D eigenvalue weighted by Crippen LogP contribution is -2.49. The van der Waals surface area contributed by atoms with E-state index < -0.39 is 0 Å². The molecule has 0 spiro atoms. The Morgan fingerprint density at radius 1 is 1.39 bits per heavy atom. The first-order valence-corrected chi connectivity index (χ1v) is 7.32. The lowest BCUT2D eigenvalue weighted by molar-refractivity contribution is 0.0446. The summed E-state index contributed by atoms with van der Waals surface area (Å²) < 4.78 is 2.85. The van der Waals surface area contributed by atoms with E-state index in [9.17, 15) is 4.79 Å². The smallest absolute Gasteiger partial charge is 0.270 e. The van der Waals surface area contributed by atoms with Crippen LogP contribution >= 0.6 is 15.9 Å². The Labute approximate surface area is 117 Å². The molecule has 0 saturated carbocycles. The zero-order chi connectivity index (χ0) is 13.4. The second-order valence-corrected chi connectivity index (χ2v) is 6.59. The maximum absolute atomic E-state index is 12.6. The molecule has 3 nitrogen and oxygen atoms in total. The molecule has 1 amide bonds. The topological polar surface area (TPSA) is 25.2 Å². The van der Waals surface area contributed by atoms with Gasteiger partial charge < -0.3 is 9.47 Å². The van der Waals surface area contributed by atoms with E-state index in [0.717, 1.165) is 16.7 Å². The zero-order valence-corrected chi connectivity index (χ0v) is 13.1. The quantitative estimate of drug-likeness (QED) is 0.781. The lowest BCUT2D eigenvalue weighted by atomic mass is 9.86. The molecular formula is C14H21BrN2O. The van der Waals surface area contributed by atoms with Crippen LogP contribution in [0.4, 0.5) is 0 Å². The van der Waals surface area contributed by atoms with E-state index >= 15 is 0 Å². The minimum Gasteiger partial charge on any atom is -0.345 e. The van der Waals surface area contributed by atoms with Gasteiger partial charge in [0.05, 0.1) is 0 Å². The highest BCUT2D eigenvalue weighted by Gasteiger charge is 2.33. The van der Waals surface area contributed by atoms with Gasteiger partial charge in [-0.1, -0.05) is 13.8 Å². The van der Waals surface area contributed by atoms with Crippen molar-refractivity contribution in [1.29, 1.82) is 0 Å². The van der Waals surface area contributed by atoms with Crippen LogP contribution < -0.4 is 0 Å². The highest BCUT2D eigenvalue weighted by Crippen LogP contribution is 2.28. The zero-order valence-electron chi connectivity index (χ0n) is 11.5. The Morgan fingerprint density at radius 3 is 2.61 bits per heavy atom. The molecule has 1 aliphatic heterocycles. The first kappa shape index (κ1) is 13.7.